The number of rotatable bonds is 5. The lowest BCUT2D eigenvalue weighted by Crippen LogP contribution is -2.35. The smallest absolute Gasteiger partial charge is 0.335 e. The average Bonchev–Trinajstić information content (AvgIpc) is 3.18. The number of amides is 1. The Morgan fingerprint density at radius 2 is 1.97 bits per heavy atom. The molecule has 4 rings (SSSR count). The van der Waals surface area contributed by atoms with E-state index in [0.717, 1.165) is 11.3 Å². The van der Waals surface area contributed by atoms with Crippen LogP contribution in [0.15, 0.2) is 52.7 Å². The number of likely N-dealkylation sites (N-methyl/N-ethyl adjacent to an activating group) is 1. The monoisotopic (exact) mass is 445 g/mol. The number of ether oxygens (including phenoxy) is 1. The molecule has 30 heavy (non-hydrogen) atoms. The molecule has 2 aromatic carbocycles. The molecule has 1 aromatic heterocycles. The van der Waals surface area contributed by atoms with Gasteiger partial charge in [-0.2, -0.15) is 0 Å². The normalized spacial score (nSPS) is 13.5. The molecule has 3 aromatic rings. The number of fused-ring (bicyclic) bond motifs is 1. The summed E-state index contributed by atoms with van der Waals surface area (Å²) in [4.78, 5) is 28.5. The molecule has 1 aliphatic rings. The molecule has 0 saturated carbocycles. The Morgan fingerprint density at radius 1 is 1.23 bits per heavy atom. The Bertz CT molecular complexity index is 1250. The molecule has 0 fully saturated rings. The van der Waals surface area contributed by atoms with Crippen molar-refractivity contribution in [1.82, 2.24) is 4.98 Å². The van der Waals surface area contributed by atoms with Crippen LogP contribution in [0.5, 0.6) is 5.75 Å². The van der Waals surface area contributed by atoms with Crippen molar-refractivity contribution in [2.24, 2.45) is 0 Å². The SMILES string of the molecule is CN1C(=O)COc2ccc(-c3csc(NS(=O)(=O)c4ccc(C(=O)O)cc4)n3)cc21. The fourth-order valence-corrected chi connectivity index (χ4v) is 4.81. The van der Waals surface area contributed by atoms with E-state index >= 15 is 0 Å². The summed E-state index contributed by atoms with van der Waals surface area (Å²) in [5.74, 6) is -0.721. The first kappa shape index (κ1) is 19.9. The minimum Gasteiger partial charge on any atom is -0.482 e. The predicted octanol–water partition coefficient (Wildman–Crippen LogP) is 2.66. The van der Waals surface area contributed by atoms with Gasteiger partial charge in [0, 0.05) is 18.0 Å². The maximum absolute atomic E-state index is 12.5. The number of thiazole rings is 1. The van der Waals surface area contributed by atoms with Crippen molar-refractivity contribution in [3.63, 3.8) is 0 Å². The molecule has 11 heteroatoms. The summed E-state index contributed by atoms with van der Waals surface area (Å²) in [5.41, 5.74) is 1.84. The van der Waals surface area contributed by atoms with Gasteiger partial charge in [0.25, 0.3) is 15.9 Å². The summed E-state index contributed by atoms with van der Waals surface area (Å²) < 4.78 is 32.9. The average molecular weight is 445 g/mol. The van der Waals surface area contributed by atoms with Crippen LogP contribution in [0.3, 0.4) is 0 Å². The van der Waals surface area contributed by atoms with E-state index < -0.39 is 16.0 Å². The third-order valence-electron chi connectivity index (χ3n) is 4.48. The van der Waals surface area contributed by atoms with Gasteiger partial charge in [0.15, 0.2) is 11.7 Å². The van der Waals surface area contributed by atoms with Gasteiger partial charge in [0.1, 0.15) is 5.75 Å². The van der Waals surface area contributed by atoms with Crippen molar-refractivity contribution >= 4 is 44.1 Å². The van der Waals surface area contributed by atoms with E-state index in [-0.39, 0.29) is 28.1 Å². The third-order valence-corrected chi connectivity index (χ3v) is 6.72. The molecule has 2 heterocycles. The number of hydrogen-bond donors (Lipinski definition) is 2. The van der Waals surface area contributed by atoms with E-state index in [1.165, 1.54) is 29.2 Å². The Hall–Kier alpha value is -3.44. The fraction of sp³-hybridized carbons (Fsp3) is 0.105. The number of nitrogens with one attached hydrogen (secondary N) is 1. The molecule has 154 valence electrons. The second-order valence-electron chi connectivity index (χ2n) is 6.40. The standard InChI is InChI=1S/C19H15N3O6S2/c1-22-15-8-12(4-7-16(15)28-9-17(22)23)14-10-29-19(20-14)21-30(26,27)13-5-2-11(3-6-13)18(24)25/h2-8,10H,9H2,1H3,(H,20,21)(H,24,25). The highest BCUT2D eigenvalue weighted by Crippen LogP contribution is 2.36. The first-order valence-corrected chi connectivity index (χ1v) is 11.0. The van der Waals surface area contributed by atoms with Gasteiger partial charge in [-0.05, 0) is 42.5 Å². The molecule has 0 bridgehead atoms. The van der Waals surface area contributed by atoms with Gasteiger partial charge < -0.3 is 14.7 Å². The van der Waals surface area contributed by atoms with Gasteiger partial charge in [-0.25, -0.2) is 18.2 Å². The lowest BCUT2D eigenvalue weighted by atomic mass is 10.1. The highest BCUT2D eigenvalue weighted by Gasteiger charge is 2.23. The lowest BCUT2D eigenvalue weighted by Gasteiger charge is -2.26. The van der Waals surface area contributed by atoms with E-state index in [1.807, 2.05) is 0 Å². The van der Waals surface area contributed by atoms with Crippen LogP contribution >= 0.6 is 11.3 Å². The van der Waals surface area contributed by atoms with Crippen molar-refractivity contribution in [3.8, 4) is 17.0 Å². The van der Waals surface area contributed by atoms with Gasteiger partial charge >= 0.3 is 5.97 Å². The molecule has 2 N–H and O–H groups in total. The summed E-state index contributed by atoms with van der Waals surface area (Å²) >= 11 is 1.11. The Morgan fingerprint density at radius 3 is 2.67 bits per heavy atom. The molecule has 0 aliphatic carbocycles. The van der Waals surface area contributed by atoms with Gasteiger partial charge in [-0.15, -0.1) is 11.3 Å². The van der Waals surface area contributed by atoms with Crippen molar-refractivity contribution in [2.45, 2.75) is 4.90 Å². The Labute approximate surface area is 175 Å². The minimum absolute atomic E-state index is 0.00896. The molecular weight excluding hydrogens is 430 g/mol. The molecule has 1 aliphatic heterocycles. The first-order chi connectivity index (χ1) is 14.2. The Balaban J connectivity index is 1.57. The fourth-order valence-electron chi connectivity index (χ4n) is 2.84. The number of anilines is 2. The second kappa shape index (κ2) is 7.43. The zero-order valence-corrected chi connectivity index (χ0v) is 17.2. The number of benzene rings is 2. The number of hydrogen-bond acceptors (Lipinski definition) is 7. The van der Waals surface area contributed by atoms with Gasteiger partial charge in [0.05, 0.1) is 21.8 Å². The van der Waals surface area contributed by atoms with E-state index in [9.17, 15) is 18.0 Å². The maximum atomic E-state index is 12.5. The summed E-state index contributed by atoms with van der Waals surface area (Å²) in [6.45, 7) is -0.0150. The lowest BCUT2D eigenvalue weighted by molar-refractivity contribution is -0.120. The zero-order valence-electron chi connectivity index (χ0n) is 15.5. The van der Waals surface area contributed by atoms with Gasteiger partial charge in [-0.1, -0.05) is 0 Å². The molecule has 0 radical (unpaired) electrons. The summed E-state index contributed by atoms with van der Waals surface area (Å²) in [6.07, 6.45) is 0. The summed E-state index contributed by atoms with van der Waals surface area (Å²) in [6, 6.07) is 10.1. The van der Waals surface area contributed by atoms with Crippen molar-refractivity contribution < 1.29 is 27.9 Å². The number of aromatic nitrogens is 1. The molecular formula is C19H15N3O6S2. The van der Waals surface area contributed by atoms with E-state index in [2.05, 4.69) is 9.71 Å². The van der Waals surface area contributed by atoms with Gasteiger partial charge in [0.2, 0.25) is 0 Å². The number of aromatic carboxylic acids is 1. The number of sulfonamides is 1. The largest absolute Gasteiger partial charge is 0.482 e. The van der Waals surface area contributed by atoms with Crippen LogP contribution in [0.2, 0.25) is 0 Å². The zero-order chi connectivity index (χ0) is 21.5. The number of carboxylic acid groups (broad SMARTS) is 1. The quantitative estimate of drug-likeness (QED) is 0.618. The minimum atomic E-state index is -3.92. The highest BCUT2D eigenvalue weighted by molar-refractivity contribution is 7.93. The van der Waals surface area contributed by atoms with Crippen LogP contribution in [-0.4, -0.2) is 44.0 Å². The molecule has 9 nitrogen and oxygen atoms in total. The maximum Gasteiger partial charge on any atom is 0.335 e. The van der Waals surface area contributed by atoms with Crippen molar-refractivity contribution in [1.29, 1.82) is 0 Å². The van der Waals surface area contributed by atoms with Gasteiger partial charge in [-0.3, -0.25) is 9.52 Å². The van der Waals surface area contributed by atoms with Crippen LogP contribution in [0.4, 0.5) is 10.8 Å². The molecule has 0 spiro atoms. The first-order valence-electron chi connectivity index (χ1n) is 8.60. The van der Waals surface area contributed by atoms with E-state index in [0.29, 0.717) is 22.7 Å². The predicted molar refractivity (Wildman–Crippen MR) is 111 cm³/mol. The second-order valence-corrected chi connectivity index (χ2v) is 8.94. The number of carbonyl (C=O) groups excluding carboxylic acids is 1. The number of carboxylic acids is 1. The molecule has 0 atom stereocenters. The topological polar surface area (TPSA) is 126 Å². The van der Waals surface area contributed by atoms with Crippen LogP contribution in [0.25, 0.3) is 11.3 Å². The number of carbonyl (C=O) groups is 2. The van der Waals surface area contributed by atoms with Crippen molar-refractivity contribution in [2.75, 3.05) is 23.3 Å². The third kappa shape index (κ3) is 3.72. The summed E-state index contributed by atoms with van der Waals surface area (Å²) in [5, 5.41) is 10.8. The van der Waals surface area contributed by atoms with Crippen LogP contribution in [0.1, 0.15) is 10.4 Å². The van der Waals surface area contributed by atoms with Crippen LogP contribution in [0, 0.1) is 0 Å². The van der Waals surface area contributed by atoms with E-state index in [1.54, 1.807) is 30.6 Å². The molecule has 1 amide bonds. The summed E-state index contributed by atoms with van der Waals surface area (Å²) in [7, 11) is -2.27. The Kier molecular flexibility index (Phi) is 4.92. The van der Waals surface area contributed by atoms with Crippen molar-refractivity contribution in [3.05, 3.63) is 53.4 Å². The van der Waals surface area contributed by atoms with Crippen LogP contribution < -0.4 is 14.4 Å². The molecule has 0 saturated heterocycles. The van der Waals surface area contributed by atoms with E-state index in [4.69, 9.17) is 9.84 Å². The van der Waals surface area contributed by atoms with Crippen LogP contribution in [-0.2, 0) is 14.8 Å². The number of nitrogens with zero attached hydrogens (tertiary/aromatic N) is 2. The highest BCUT2D eigenvalue weighted by atomic mass is 32.2. The molecule has 0 unspecified atom stereocenters.